The number of imide groups is 1. The third kappa shape index (κ3) is 6.56. The molecule has 36 heavy (non-hydrogen) atoms. The molecule has 1 heterocycles. The largest absolute Gasteiger partial charge is 0.489 e. The van der Waals surface area contributed by atoms with Gasteiger partial charge < -0.3 is 14.5 Å². The van der Waals surface area contributed by atoms with Crippen LogP contribution in [0.25, 0.3) is 11.0 Å². The molecule has 0 saturated heterocycles. The van der Waals surface area contributed by atoms with E-state index in [1.54, 1.807) is 30.3 Å². The molecule has 0 atom stereocenters. The number of benzene rings is 2. The molecule has 1 aliphatic carbocycles. The number of amides is 3. The van der Waals surface area contributed by atoms with Crippen molar-refractivity contribution in [3.05, 3.63) is 99.4 Å². The normalized spacial score (nSPS) is 12.3. The van der Waals surface area contributed by atoms with Gasteiger partial charge in [-0.3, -0.25) is 14.9 Å². The Bertz CT molecular complexity index is 1420. The Kier molecular flexibility index (Phi) is 7.75. The maximum Gasteiger partial charge on any atom is 0.336 e. The van der Waals surface area contributed by atoms with Gasteiger partial charge >= 0.3 is 11.7 Å². The van der Waals surface area contributed by atoms with Crippen molar-refractivity contribution in [2.45, 2.75) is 32.8 Å². The molecule has 3 aromatic rings. The van der Waals surface area contributed by atoms with Gasteiger partial charge in [0, 0.05) is 42.5 Å². The van der Waals surface area contributed by atoms with Crippen molar-refractivity contribution in [3.8, 4) is 5.75 Å². The number of carbonyl (C=O) groups excluding carboxylic acids is 3. The lowest BCUT2D eigenvalue weighted by Crippen LogP contribution is -2.40. The van der Waals surface area contributed by atoms with Crippen LogP contribution >= 0.6 is 0 Å². The molecule has 184 valence electrons. The topological polar surface area (TPSA) is 115 Å². The second-order valence-electron chi connectivity index (χ2n) is 8.50. The van der Waals surface area contributed by atoms with Gasteiger partial charge in [0.25, 0.3) is 0 Å². The Labute approximate surface area is 207 Å². The maximum absolute atomic E-state index is 12.4. The molecule has 0 saturated carbocycles. The van der Waals surface area contributed by atoms with Crippen molar-refractivity contribution >= 4 is 28.7 Å². The quantitative estimate of drug-likeness (QED) is 0.343. The predicted molar refractivity (Wildman–Crippen MR) is 135 cm³/mol. The van der Waals surface area contributed by atoms with Crippen LogP contribution < -0.4 is 21.0 Å². The van der Waals surface area contributed by atoms with Crippen LogP contribution in [0.15, 0.2) is 81.5 Å². The fraction of sp³-hybridized carbons (Fsp3) is 0.214. The average molecular weight is 487 g/mol. The number of nitrogens with one attached hydrogen (secondary N) is 2. The van der Waals surface area contributed by atoms with Crippen molar-refractivity contribution in [2.24, 2.45) is 0 Å². The van der Waals surface area contributed by atoms with Gasteiger partial charge in [-0.2, -0.15) is 0 Å². The highest BCUT2D eigenvalue weighted by Gasteiger charge is 2.13. The zero-order valence-electron chi connectivity index (χ0n) is 19.8. The molecule has 0 unspecified atom stereocenters. The van der Waals surface area contributed by atoms with E-state index in [1.165, 1.54) is 6.07 Å². The third-order valence-electron chi connectivity index (χ3n) is 5.76. The van der Waals surface area contributed by atoms with E-state index in [4.69, 9.17) is 9.15 Å². The van der Waals surface area contributed by atoms with Crippen LogP contribution in [-0.4, -0.2) is 24.3 Å². The zero-order chi connectivity index (χ0) is 25.5. The molecular weight excluding hydrogens is 460 g/mol. The number of Topliss-reactive ketones (excluding diaryl/α,β-unsaturated/α-hetero) is 1. The van der Waals surface area contributed by atoms with Gasteiger partial charge in [-0.05, 0) is 42.2 Å². The van der Waals surface area contributed by atoms with Crippen LogP contribution in [0.2, 0.25) is 0 Å². The number of ketones is 1. The van der Waals surface area contributed by atoms with E-state index in [0.717, 1.165) is 28.5 Å². The number of carbonyl (C=O) groups is 3. The third-order valence-corrected chi connectivity index (χ3v) is 5.76. The highest BCUT2D eigenvalue weighted by atomic mass is 16.5. The van der Waals surface area contributed by atoms with Crippen LogP contribution in [0.1, 0.15) is 40.7 Å². The molecule has 0 spiro atoms. The van der Waals surface area contributed by atoms with Gasteiger partial charge in [-0.15, -0.1) is 0 Å². The van der Waals surface area contributed by atoms with Crippen molar-refractivity contribution in [1.82, 2.24) is 10.6 Å². The highest BCUT2D eigenvalue weighted by Crippen LogP contribution is 2.23. The van der Waals surface area contributed by atoms with E-state index in [9.17, 15) is 19.2 Å². The Morgan fingerprint density at radius 2 is 1.83 bits per heavy atom. The number of fused-ring (bicyclic) bond motifs is 1. The smallest absolute Gasteiger partial charge is 0.336 e. The molecule has 1 aliphatic rings. The minimum Gasteiger partial charge on any atom is -0.489 e. The lowest BCUT2D eigenvalue weighted by Gasteiger charge is -2.09. The van der Waals surface area contributed by atoms with Gasteiger partial charge in [0.05, 0.1) is 0 Å². The van der Waals surface area contributed by atoms with Gasteiger partial charge in [-0.1, -0.05) is 42.5 Å². The van der Waals surface area contributed by atoms with Crippen LogP contribution in [0.5, 0.6) is 5.75 Å². The van der Waals surface area contributed by atoms with E-state index in [0.29, 0.717) is 23.4 Å². The number of ether oxygens (including phenoxy) is 1. The Morgan fingerprint density at radius 3 is 2.58 bits per heavy atom. The zero-order valence-corrected chi connectivity index (χ0v) is 19.8. The molecule has 0 fully saturated rings. The van der Waals surface area contributed by atoms with Gasteiger partial charge in [0.2, 0.25) is 5.91 Å². The summed E-state index contributed by atoms with van der Waals surface area (Å²) >= 11 is 0. The van der Waals surface area contributed by atoms with E-state index >= 15 is 0 Å². The van der Waals surface area contributed by atoms with E-state index in [-0.39, 0.29) is 25.2 Å². The van der Waals surface area contributed by atoms with E-state index in [1.807, 2.05) is 37.3 Å². The fourth-order valence-electron chi connectivity index (χ4n) is 3.77. The number of rotatable bonds is 9. The van der Waals surface area contributed by atoms with E-state index < -0.39 is 17.6 Å². The number of allylic oxidation sites excluding steroid dienone is 3. The van der Waals surface area contributed by atoms with Crippen molar-refractivity contribution < 1.29 is 23.5 Å². The van der Waals surface area contributed by atoms with Crippen molar-refractivity contribution in [3.63, 3.8) is 0 Å². The number of hydrogen-bond acceptors (Lipinski definition) is 6. The molecule has 2 aromatic carbocycles. The lowest BCUT2D eigenvalue weighted by atomic mass is 10.0. The molecule has 3 amide bonds. The SMILES string of the molecule is Cc1cc(=O)oc2cc(OCc3ccc(C(=O)CCC(=O)NC(=O)NCC4=CC=CC4)cc3)ccc12. The second-order valence-corrected chi connectivity index (χ2v) is 8.50. The highest BCUT2D eigenvalue weighted by molar-refractivity contribution is 6.00. The lowest BCUT2D eigenvalue weighted by molar-refractivity contribution is -0.120. The second kappa shape index (κ2) is 11.3. The first-order valence-corrected chi connectivity index (χ1v) is 11.6. The summed E-state index contributed by atoms with van der Waals surface area (Å²) in [7, 11) is 0. The number of aryl methyl sites for hydroxylation is 1. The molecule has 4 rings (SSSR count). The summed E-state index contributed by atoms with van der Waals surface area (Å²) in [6, 6.07) is 13.1. The number of hydrogen-bond donors (Lipinski definition) is 2. The summed E-state index contributed by atoms with van der Waals surface area (Å²) in [5.74, 6) is -0.144. The van der Waals surface area contributed by atoms with Crippen LogP contribution in [0.4, 0.5) is 4.79 Å². The maximum atomic E-state index is 12.4. The standard InChI is InChI=1S/C28H26N2O6/c1-18-14-27(33)36-25-15-22(10-11-23(18)25)35-17-20-6-8-21(9-7-20)24(31)12-13-26(32)30-28(34)29-16-19-4-2-3-5-19/h2-4,6-11,14-15H,5,12-13,16-17H2,1H3,(H2,29,30,32,34). The Balaban J connectivity index is 1.23. The summed E-state index contributed by atoms with van der Waals surface area (Å²) in [5, 5.41) is 5.71. The molecule has 0 aliphatic heterocycles. The van der Waals surface area contributed by atoms with Crippen LogP contribution in [0.3, 0.4) is 0 Å². The molecule has 0 radical (unpaired) electrons. The molecule has 8 heteroatoms. The van der Waals surface area contributed by atoms with Gasteiger partial charge in [0.15, 0.2) is 5.78 Å². The average Bonchev–Trinajstić information content (AvgIpc) is 3.38. The van der Waals surface area contributed by atoms with E-state index in [2.05, 4.69) is 10.6 Å². The molecular formula is C28H26N2O6. The summed E-state index contributed by atoms with van der Waals surface area (Å²) in [4.78, 5) is 47.8. The van der Waals surface area contributed by atoms with Crippen molar-refractivity contribution in [1.29, 1.82) is 0 Å². The Morgan fingerprint density at radius 1 is 1.03 bits per heavy atom. The summed E-state index contributed by atoms with van der Waals surface area (Å²) < 4.78 is 11.0. The van der Waals surface area contributed by atoms with Crippen LogP contribution in [0, 0.1) is 6.92 Å². The van der Waals surface area contributed by atoms with Crippen molar-refractivity contribution in [2.75, 3.05) is 6.54 Å². The minimum atomic E-state index is -0.576. The molecule has 2 N–H and O–H groups in total. The molecule has 8 nitrogen and oxygen atoms in total. The predicted octanol–water partition coefficient (Wildman–Crippen LogP) is 4.36. The first kappa shape index (κ1) is 24.7. The first-order chi connectivity index (χ1) is 17.4. The Hall–Kier alpha value is -4.46. The molecule has 1 aromatic heterocycles. The van der Waals surface area contributed by atoms with Crippen LogP contribution in [-0.2, 0) is 11.4 Å². The number of urea groups is 1. The first-order valence-electron chi connectivity index (χ1n) is 11.6. The monoisotopic (exact) mass is 486 g/mol. The fourth-order valence-corrected chi connectivity index (χ4v) is 3.77. The van der Waals surface area contributed by atoms with Gasteiger partial charge in [0.1, 0.15) is 17.9 Å². The molecule has 0 bridgehead atoms. The summed E-state index contributed by atoms with van der Waals surface area (Å²) in [5.41, 5.74) is 3.27. The minimum absolute atomic E-state index is 0.00819. The van der Waals surface area contributed by atoms with Gasteiger partial charge in [-0.25, -0.2) is 9.59 Å². The summed E-state index contributed by atoms with van der Waals surface area (Å²) in [6.07, 6.45) is 6.51. The summed E-state index contributed by atoms with van der Waals surface area (Å²) in [6.45, 7) is 2.48.